The van der Waals surface area contributed by atoms with E-state index in [1.165, 1.54) is 19.2 Å². The van der Waals surface area contributed by atoms with Crippen LogP contribution < -0.4 is 5.73 Å². The lowest BCUT2D eigenvalue weighted by Gasteiger charge is -2.19. The standard InChI is InChI=1S/C13H18N2O3/c1-4-15(5-2)12(16)9-6-7-10(11(14)8-9)13(17)18-3/h6-8H,4-5,14H2,1-3H3. The monoisotopic (exact) mass is 250 g/mol. The second-order valence-corrected chi connectivity index (χ2v) is 3.77. The third-order valence-electron chi connectivity index (χ3n) is 2.75. The van der Waals surface area contributed by atoms with Crippen LogP contribution in [-0.4, -0.2) is 37.0 Å². The van der Waals surface area contributed by atoms with Gasteiger partial charge < -0.3 is 15.4 Å². The van der Waals surface area contributed by atoms with E-state index in [1.807, 2.05) is 13.8 Å². The van der Waals surface area contributed by atoms with E-state index in [0.717, 1.165) is 0 Å². The predicted molar refractivity (Wildman–Crippen MR) is 69.4 cm³/mol. The first kappa shape index (κ1) is 14.0. The van der Waals surface area contributed by atoms with Crippen molar-refractivity contribution in [3.05, 3.63) is 29.3 Å². The molecule has 0 heterocycles. The van der Waals surface area contributed by atoms with E-state index in [2.05, 4.69) is 4.74 Å². The largest absolute Gasteiger partial charge is 0.465 e. The third kappa shape index (κ3) is 2.80. The van der Waals surface area contributed by atoms with E-state index >= 15 is 0 Å². The Morgan fingerprint density at radius 1 is 1.28 bits per heavy atom. The van der Waals surface area contributed by atoms with Crippen LogP contribution in [0.1, 0.15) is 34.6 Å². The molecule has 0 unspecified atom stereocenters. The minimum atomic E-state index is -0.505. The molecule has 1 amide bonds. The fourth-order valence-corrected chi connectivity index (χ4v) is 1.69. The predicted octanol–water partition coefficient (Wildman–Crippen LogP) is 1.54. The number of hydrogen-bond acceptors (Lipinski definition) is 4. The summed E-state index contributed by atoms with van der Waals surface area (Å²) in [6.45, 7) is 5.09. The van der Waals surface area contributed by atoms with Crippen molar-refractivity contribution >= 4 is 17.6 Å². The first-order valence-corrected chi connectivity index (χ1v) is 5.82. The van der Waals surface area contributed by atoms with E-state index in [1.54, 1.807) is 11.0 Å². The number of carbonyl (C=O) groups excluding carboxylic acids is 2. The van der Waals surface area contributed by atoms with Gasteiger partial charge in [-0.25, -0.2) is 4.79 Å². The van der Waals surface area contributed by atoms with E-state index in [0.29, 0.717) is 18.7 Å². The number of esters is 1. The van der Waals surface area contributed by atoms with Gasteiger partial charge in [-0.15, -0.1) is 0 Å². The summed E-state index contributed by atoms with van der Waals surface area (Å²) in [6, 6.07) is 4.61. The maximum Gasteiger partial charge on any atom is 0.339 e. The summed E-state index contributed by atoms with van der Waals surface area (Å²) in [5.74, 6) is -0.600. The van der Waals surface area contributed by atoms with Crippen molar-refractivity contribution in [2.45, 2.75) is 13.8 Å². The summed E-state index contributed by atoms with van der Waals surface area (Å²) < 4.78 is 4.59. The minimum absolute atomic E-state index is 0.0943. The van der Waals surface area contributed by atoms with Crippen molar-refractivity contribution in [2.75, 3.05) is 25.9 Å². The molecule has 0 spiro atoms. The van der Waals surface area contributed by atoms with Crippen molar-refractivity contribution in [3.8, 4) is 0 Å². The van der Waals surface area contributed by atoms with E-state index in [-0.39, 0.29) is 17.2 Å². The number of nitrogen functional groups attached to an aromatic ring is 1. The summed E-state index contributed by atoms with van der Waals surface area (Å²) in [7, 11) is 1.29. The maximum absolute atomic E-state index is 12.1. The lowest BCUT2D eigenvalue weighted by molar-refractivity contribution is 0.0601. The van der Waals surface area contributed by atoms with Gasteiger partial charge in [-0.2, -0.15) is 0 Å². The lowest BCUT2D eigenvalue weighted by Crippen LogP contribution is -2.30. The number of amides is 1. The highest BCUT2D eigenvalue weighted by molar-refractivity contribution is 6.00. The first-order valence-electron chi connectivity index (χ1n) is 5.82. The molecule has 0 saturated heterocycles. The molecule has 98 valence electrons. The van der Waals surface area contributed by atoms with Crippen molar-refractivity contribution in [1.82, 2.24) is 4.90 Å². The van der Waals surface area contributed by atoms with Gasteiger partial charge in [-0.1, -0.05) is 0 Å². The minimum Gasteiger partial charge on any atom is -0.465 e. The Bertz CT molecular complexity index is 454. The lowest BCUT2D eigenvalue weighted by atomic mass is 10.1. The summed E-state index contributed by atoms with van der Waals surface area (Å²) >= 11 is 0. The quantitative estimate of drug-likeness (QED) is 0.650. The third-order valence-corrected chi connectivity index (χ3v) is 2.75. The van der Waals surface area contributed by atoms with E-state index in [4.69, 9.17) is 5.73 Å². The fourth-order valence-electron chi connectivity index (χ4n) is 1.69. The zero-order valence-electron chi connectivity index (χ0n) is 10.9. The molecule has 0 aromatic heterocycles. The fraction of sp³-hybridized carbons (Fsp3) is 0.385. The molecule has 0 atom stereocenters. The van der Waals surface area contributed by atoms with Crippen LogP contribution in [0.3, 0.4) is 0 Å². The number of methoxy groups -OCH3 is 1. The molecule has 1 rings (SSSR count). The Morgan fingerprint density at radius 3 is 2.33 bits per heavy atom. The Morgan fingerprint density at radius 2 is 1.89 bits per heavy atom. The average Bonchev–Trinajstić information content (AvgIpc) is 2.39. The van der Waals surface area contributed by atoms with Gasteiger partial charge in [0.2, 0.25) is 0 Å². The van der Waals surface area contributed by atoms with Crippen molar-refractivity contribution in [3.63, 3.8) is 0 Å². The van der Waals surface area contributed by atoms with Crippen molar-refractivity contribution in [2.24, 2.45) is 0 Å². The normalized spacial score (nSPS) is 9.94. The van der Waals surface area contributed by atoms with Gasteiger partial charge in [0.1, 0.15) is 0 Å². The van der Waals surface area contributed by atoms with Crippen LogP contribution in [0.2, 0.25) is 0 Å². The number of nitrogens with two attached hydrogens (primary N) is 1. The van der Waals surface area contributed by atoms with Crippen LogP contribution in [0.5, 0.6) is 0 Å². The summed E-state index contributed by atoms with van der Waals surface area (Å²) in [6.07, 6.45) is 0. The van der Waals surface area contributed by atoms with Crippen LogP contribution in [0, 0.1) is 0 Å². The second-order valence-electron chi connectivity index (χ2n) is 3.77. The highest BCUT2D eigenvalue weighted by atomic mass is 16.5. The maximum atomic E-state index is 12.1. The van der Waals surface area contributed by atoms with Gasteiger partial charge in [0.05, 0.1) is 12.7 Å². The molecule has 0 bridgehead atoms. The Hall–Kier alpha value is -2.04. The van der Waals surface area contributed by atoms with Crippen LogP contribution >= 0.6 is 0 Å². The van der Waals surface area contributed by atoms with Crippen LogP contribution in [-0.2, 0) is 4.74 Å². The molecular formula is C13H18N2O3. The number of hydrogen-bond donors (Lipinski definition) is 1. The Balaban J connectivity index is 3.04. The van der Waals surface area contributed by atoms with Gasteiger partial charge in [-0.3, -0.25) is 4.79 Å². The molecule has 1 aromatic rings. The van der Waals surface area contributed by atoms with Crippen LogP contribution in [0.25, 0.3) is 0 Å². The number of rotatable bonds is 4. The second kappa shape index (κ2) is 6.05. The van der Waals surface area contributed by atoms with Gasteiger partial charge in [-0.05, 0) is 32.0 Å². The van der Waals surface area contributed by atoms with Crippen molar-refractivity contribution < 1.29 is 14.3 Å². The summed E-state index contributed by atoms with van der Waals surface area (Å²) in [5.41, 5.74) is 6.74. The van der Waals surface area contributed by atoms with Crippen LogP contribution in [0.15, 0.2) is 18.2 Å². The van der Waals surface area contributed by atoms with Gasteiger partial charge in [0, 0.05) is 24.3 Å². The van der Waals surface area contributed by atoms with E-state index < -0.39 is 5.97 Å². The summed E-state index contributed by atoms with van der Waals surface area (Å²) in [4.78, 5) is 25.1. The zero-order chi connectivity index (χ0) is 13.7. The van der Waals surface area contributed by atoms with Gasteiger partial charge >= 0.3 is 5.97 Å². The molecular weight excluding hydrogens is 232 g/mol. The Kier molecular flexibility index (Phi) is 4.71. The smallest absolute Gasteiger partial charge is 0.339 e. The first-order chi connectivity index (χ1) is 8.54. The summed E-state index contributed by atoms with van der Waals surface area (Å²) in [5, 5.41) is 0. The van der Waals surface area contributed by atoms with E-state index in [9.17, 15) is 9.59 Å². The number of anilines is 1. The topological polar surface area (TPSA) is 72.6 Å². The SMILES string of the molecule is CCN(CC)C(=O)c1ccc(C(=O)OC)c(N)c1. The molecule has 0 fully saturated rings. The number of benzene rings is 1. The molecule has 0 aliphatic rings. The zero-order valence-corrected chi connectivity index (χ0v) is 10.9. The van der Waals surface area contributed by atoms with Gasteiger partial charge in [0.15, 0.2) is 0 Å². The molecule has 5 nitrogen and oxygen atoms in total. The molecule has 0 aliphatic heterocycles. The molecule has 0 aliphatic carbocycles. The van der Waals surface area contributed by atoms with Crippen molar-refractivity contribution in [1.29, 1.82) is 0 Å². The number of carbonyl (C=O) groups is 2. The highest BCUT2D eigenvalue weighted by Gasteiger charge is 2.16. The van der Waals surface area contributed by atoms with Crippen LogP contribution in [0.4, 0.5) is 5.69 Å². The highest BCUT2D eigenvalue weighted by Crippen LogP contribution is 2.16. The Labute approximate surface area is 107 Å². The molecule has 2 N–H and O–H groups in total. The molecule has 0 radical (unpaired) electrons. The molecule has 0 saturated carbocycles. The molecule has 5 heteroatoms. The average molecular weight is 250 g/mol. The molecule has 18 heavy (non-hydrogen) atoms. The van der Waals surface area contributed by atoms with Gasteiger partial charge in [0.25, 0.3) is 5.91 Å². The molecule has 1 aromatic carbocycles. The number of ether oxygens (including phenoxy) is 1. The number of nitrogens with zero attached hydrogens (tertiary/aromatic N) is 1.